The Balaban J connectivity index is 1.85. The van der Waals surface area contributed by atoms with Gasteiger partial charge in [-0.05, 0) is 49.7 Å². The van der Waals surface area contributed by atoms with Gasteiger partial charge in [0.15, 0.2) is 6.17 Å². The van der Waals surface area contributed by atoms with Gasteiger partial charge in [-0.1, -0.05) is 48.0 Å². The second-order valence-corrected chi connectivity index (χ2v) is 9.03. The van der Waals surface area contributed by atoms with Crippen LogP contribution in [-0.2, 0) is 5.60 Å². The number of halogens is 4. The number of aromatic nitrogens is 2. The van der Waals surface area contributed by atoms with Gasteiger partial charge in [0, 0.05) is 33.6 Å². The lowest BCUT2D eigenvalue weighted by Crippen LogP contribution is -2.15. The second kappa shape index (κ2) is 9.76. The molecule has 4 nitrogen and oxygen atoms in total. The van der Waals surface area contributed by atoms with Crippen LogP contribution in [0.15, 0.2) is 72.9 Å². The van der Waals surface area contributed by atoms with Crippen LogP contribution in [0.3, 0.4) is 0 Å². The summed E-state index contributed by atoms with van der Waals surface area (Å²) in [7, 11) is 1.58. The van der Waals surface area contributed by atoms with E-state index in [0.717, 1.165) is 11.1 Å². The van der Waals surface area contributed by atoms with Crippen molar-refractivity contribution in [2.24, 2.45) is 0 Å². The maximum atomic E-state index is 14.5. The summed E-state index contributed by atoms with van der Waals surface area (Å²) in [5.74, 6) is 0.902. The Morgan fingerprint density at radius 2 is 1.66 bits per heavy atom. The van der Waals surface area contributed by atoms with E-state index in [2.05, 4.69) is 4.98 Å². The van der Waals surface area contributed by atoms with Crippen LogP contribution in [-0.4, -0.2) is 28.2 Å². The number of hydrogen-bond acceptors (Lipinski definition) is 3. The Morgan fingerprint density at radius 3 is 2.29 bits per heavy atom. The minimum Gasteiger partial charge on any atom is -0.496 e. The number of nitrogens with zero attached hydrogens (tertiary/aromatic N) is 2. The summed E-state index contributed by atoms with van der Waals surface area (Å²) >= 11 is 6.17. The van der Waals surface area contributed by atoms with Gasteiger partial charge in [-0.25, -0.2) is 18.2 Å². The quantitative estimate of drug-likeness (QED) is 0.288. The maximum absolute atomic E-state index is 14.5. The Labute approximate surface area is 206 Å². The fourth-order valence-corrected chi connectivity index (χ4v) is 4.02. The molecule has 0 aliphatic carbocycles. The van der Waals surface area contributed by atoms with E-state index in [9.17, 15) is 18.3 Å². The maximum Gasteiger partial charge on any atom is 0.273 e. The van der Waals surface area contributed by atoms with Crippen molar-refractivity contribution in [2.45, 2.75) is 32.0 Å². The number of imidazole rings is 1. The van der Waals surface area contributed by atoms with Gasteiger partial charge in [-0.2, -0.15) is 0 Å². The lowest BCUT2D eigenvalue weighted by atomic mass is 10.0. The number of ether oxygens (including phenoxy) is 1. The molecular weight excluding hydrogens is 477 g/mol. The first-order chi connectivity index (χ1) is 16.6. The Bertz CT molecular complexity index is 1330. The van der Waals surface area contributed by atoms with Crippen LogP contribution in [0.1, 0.15) is 31.3 Å². The van der Waals surface area contributed by atoms with Gasteiger partial charge in [0.25, 0.3) is 6.43 Å². The van der Waals surface area contributed by atoms with Gasteiger partial charge in [0.1, 0.15) is 17.2 Å². The summed E-state index contributed by atoms with van der Waals surface area (Å²) in [5, 5.41) is 11.1. The summed E-state index contributed by atoms with van der Waals surface area (Å²) in [4.78, 5) is 4.51. The minimum atomic E-state index is -3.18. The Hall–Kier alpha value is -3.29. The van der Waals surface area contributed by atoms with Crippen LogP contribution in [0.5, 0.6) is 5.75 Å². The average molecular weight is 501 g/mol. The number of alkyl halides is 3. The molecular formula is C27H24ClF3N2O2. The van der Waals surface area contributed by atoms with Crippen LogP contribution in [0, 0.1) is 0 Å². The smallest absolute Gasteiger partial charge is 0.273 e. The minimum absolute atomic E-state index is 0.170. The number of aliphatic hydroxyl groups is 1. The highest BCUT2D eigenvalue weighted by molar-refractivity contribution is 6.31. The molecule has 4 rings (SSSR count). The van der Waals surface area contributed by atoms with Crippen molar-refractivity contribution in [1.29, 1.82) is 0 Å². The molecule has 8 heteroatoms. The lowest BCUT2D eigenvalue weighted by molar-refractivity contribution is 0.0498. The highest BCUT2D eigenvalue weighted by Gasteiger charge is 2.28. The SMILES string of the molecule is COc1ccc(Cl)cc1-c1ccc(-n2cc(C(C)(C)O)nc2-c2ccccc2C(F)C(F)F)cc1. The third-order valence-electron chi connectivity index (χ3n) is 5.67. The zero-order chi connectivity index (χ0) is 25.3. The van der Waals surface area contributed by atoms with Gasteiger partial charge < -0.3 is 9.84 Å². The molecule has 0 aliphatic heterocycles. The van der Waals surface area contributed by atoms with Crippen LogP contribution in [0.2, 0.25) is 5.02 Å². The molecule has 0 saturated carbocycles. The van der Waals surface area contributed by atoms with Crippen molar-refractivity contribution in [3.05, 3.63) is 89.2 Å². The number of rotatable bonds is 7. The molecule has 1 atom stereocenters. The van der Waals surface area contributed by atoms with Crippen LogP contribution >= 0.6 is 11.6 Å². The standard InChI is InChI=1S/C27H24ClF3N2O2/c1-27(2,34)23-15-33(26(32-23)20-7-5-4-6-19(20)24(29)25(30)31)18-11-8-16(9-12-18)21-14-17(28)10-13-22(21)35-3/h4-15,24-25,34H,1-3H3. The van der Waals surface area contributed by atoms with Crippen molar-refractivity contribution in [3.63, 3.8) is 0 Å². The van der Waals surface area contributed by atoms with E-state index < -0.39 is 18.2 Å². The molecule has 0 aliphatic rings. The largest absolute Gasteiger partial charge is 0.496 e. The van der Waals surface area contributed by atoms with Crippen molar-refractivity contribution in [1.82, 2.24) is 9.55 Å². The van der Waals surface area contributed by atoms with Crippen LogP contribution in [0.25, 0.3) is 28.2 Å². The van der Waals surface area contributed by atoms with E-state index >= 15 is 0 Å². The van der Waals surface area contributed by atoms with Gasteiger partial charge >= 0.3 is 0 Å². The molecule has 3 aromatic carbocycles. The monoisotopic (exact) mass is 500 g/mol. The van der Waals surface area contributed by atoms with E-state index in [0.29, 0.717) is 22.2 Å². The van der Waals surface area contributed by atoms with E-state index in [1.54, 1.807) is 62.1 Å². The first kappa shape index (κ1) is 24.8. The molecule has 1 unspecified atom stereocenters. The molecule has 0 bridgehead atoms. The van der Waals surface area contributed by atoms with Crippen molar-refractivity contribution in [3.8, 4) is 34.0 Å². The molecule has 4 aromatic rings. The Morgan fingerprint density at radius 1 is 0.971 bits per heavy atom. The summed E-state index contributed by atoms with van der Waals surface area (Å²) in [6.07, 6.45) is -4.03. The number of methoxy groups -OCH3 is 1. The van der Waals surface area contributed by atoms with Crippen LogP contribution < -0.4 is 4.74 Å². The highest BCUT2D eigenvalue weighted by atomic mass is 35.5. The second-order valence-electron chi connectivity index (χ2n) is 8.59. The van der Waals surface area contributed by atoms with E-state index in [1.165, 1.54) is 12.1 Å². The molecule has 0 saturated heterocycles. The fraction of sp³-hybridized carbons (Fsp3) is 0.222. The predicted octanol–water partition coefficient (Wildman–Crippen LogP) is 7.37. The topological polar surface area (TPSA) is 47.3 Å². The molecule has 0 spiro atoms. The van der Waals surface area contributed by atoms with Crippen LogP contribution in [0.4, 0.5) is 13.2 Å². The van der Waals surface area contributed by atoms with Gasteiger partial charge in [-0.15, -0.1) is 0 Å². The third-order valence-corrected chi connectivity index (χ3v) is 5.91. The molecule has 1 N–H and O–H groups in total. The summed E-state index contributed by atoms with van der Waals surface area (Å²) in [6, 6.07) is 18.7. The number of hydrogen-bond donors (Lipinski definition) is 1. The summed E-state index contributed by atoms with van der Waals surface area (Å²) in [5.41, 5.74) is 1.36. The third kappa shape index (κ3) is 5.06. The molecule has 1 aromatic heterocycles. The first-order valence-corrected chi connectivity index (χ1v) is 11.3. The van der Waals surface area contributed by atoms with Crippen molar-refractivity contribution < 1.29 is 23.0 Å². The average Bonchev–Trinajstić information content (AvgIpc) is 3.29. The first-order valence-electron chi connectivity index (χ1n) is 10.9. The molecule has 182 valence electrons. The zero-order valence-corrected chi connectivity index (χ0v) is 20.1. The molecule has 0 fully saturated rings. The van der Waals surface area contributed by atoms with E-state index in [1.807, 2.05) is 24.3 Å². The zero-order valence-electron chi connectivity index (χ0n) is 19.3. The lowest BCUT2D eigenvalue weighted by Gasteiger charge is -2.15. The molecule has 35 heavy (non-hydrogen) atoms. The summed E-state index contributed by atoms with van der Waals surface area (Å²) < 4.78 is 48.1. The fourth-order valence-electron chi connectivity index (χ4n) is 3.85. The van der Waals surface area contributed by atoms with Gasteiger partial charge in [-0.3, -0.25) is 4.57 Å². The summed E-state index contributed by atoms with van der Waals surface area (Å²) in [6.45, 7) is 3.14. The predicted molar refractivity (Wildman–Crippen MR) is 131 cm³/mol. The molecule has 1 heterocycles. The normalized spacial score (nSPS) is 12.7. The number of benzene rings is 3. The van der Waals surface area contributed by atoms with E-state index in [-0.39, 0.29) is 17.0 Å². The molecule has 0 amide bonds. The van der Waals surface area contributed by atoms with Gasteiger partial charge in [0.05, 0.1) is 12.8 Å². The Kier molecular flexibility index (Phi) is 6.92. The highest BCUT2D eigenvalue weighted by Crippen LogP contribution is 2.37. The van der Waals surface area contributed by atoms with Crippen molar-refractivity contribution in [2.75, 3.05) is 7.11 Å². The van der Waals surface area contributed by atoms with Gasteiger partial charge in [0.2, 0.25) is 0 Å². The molecule has 0 radical (unpaired) electrons. The van der Waals surface area contributed by atoms with E-state index in [4.69, 9.17) is 16.3 Å². The van der Waals surface area contributed by atoms with Crippen molar-refractivity contribution >= 4 is 11.6 Å².